The highest BCUT2D eigenvalue weighted by Gasteiger charge is 2.44. The van der Waals surface area contributed by atoms with Crippen molar-refractivity contribution in [2.24, 2.45) is 11.8 Å². The van der Waals surface area contributed by atoms with Crippen molar-refractivity contribution < 1.29 is 9.47 Å². The molecule has 4 atom stereocenters. The average Bonchev–Trinajstić information content (AvgIpc) is 3.01. The number of nitrogens with one attached hydrogen (secondary N) is 2. The van der Waals surface area contributed by atoms with E-state index < -0.39 is 0 Å². The maximum Gasteiger partial charge on any atom is 0.189 e. The van der Waals surface area contributed by atoms with Gasteiger partial charge in [0.2, 0.25) is 0 Å². The molecule has 3 heterocycles. The summed E-state index contributed by atoms with van der Waals surface area (Å²) in [5.74, 6) is 2.42. The molecule has 4 rings (SSSR count). The van der Waals surface area contributed by atoms with Gasteiger partial charge in [0.25, 0.3) is 0 Å². The molecule has 3 aliphatic rings. The van der Waals surface area contributed by atoms with Crippen LogP contribution in [0.15, 0.2) is 24.3 Å². The summed E-state index contributed by atoms with van der Waals surface area (Å²) in [5.41, 5.74) is 1.19. The zero-order chi connectivity index (χ0) is 11.9. The number of hydrogen-bond acceptors (Lipinski definition) is 4. The van der Waals surface area contributed by atoms with E-state index in [-0.39, 0.29) is 6.10 Å². The minimum absolute atomic E-state index is 0.129. The molecule has 4 nitrogen and oxygen atoms in total. The summed E-state index contributed by atoms with van der Waals surface area (Å²) in [6.45, 7) is 3.71. The first-order valence-electron chi connectivity index (χ1n) is 6.71. The SMILES string of the molecule is c1ccc2c(c1)OCOC2C1NCC2CNCC21. The van der Waals surface area contributed by atoms with Crippen LogP contribution in [-0.4, -0.2) is 32.5 Å². The Kier molecular flexibility index (Phi) is 2.53. The van der Waals surface area contributed by atoms with Crippen LogP contribution in [0.3, 0.4) is 0 Å². The standard InChI is InChI=1S/C14H18N2O2/c1-2-4-12-10(3-1)14(18-8-17-12)13-11-7-15-5-9(11)6-16-13/h1-4,9,11,13-16H,5-8H2. The predicted molar refractivity (Wildman–Crippen MR) is 67.4 cm³/mol. The van der Waals surface area contributed by atoms with Gasteiger partial charge >= 0.3 is 0 Å². The van der Waals surface area contributed by atoms with Crippen molar-refractivity contribution in [3.05, 3.63) is 29.8 Å². The Hall–Kier alpha value is -1.10. The third-order valence-electron chi connectivity index (χ3n) is 4.48. The highest BCUT2D eigenvalue weighted by atomic mass is 16.7. The van der Waals surface area contributed by atoms with Gasteiger partial charge in [-0.2, -0.15) is 0 Å². The van der Waals surface area contributed by atoms with Crippen molar-refractivity contribution >= 4 is 0 Å². The minimum atomic E-state index is 0.129. The molecule has 0 spiro atoms. The van der Waals surface area contributed by atoms with Crippen LogP contribution >= 0.6 is 0 Å². The van der Waals surface area contributed by atoms with Crippen LogP contribution in [0.2, 0.25) is 0 Å². The summed E-state index contributed by atoms with van der Waals surface area (Å²) in [6, 6.07) is 8.64. The van der Waals surface area contributed by atoms with Gasteiger partial charge in [-0.15, -0.1) is 0 Å². The van der Waals surface area contributed by atoms with Gasteiger partial charge in [-0.1, -0.05) is 18.2 Å². The van der Waals surface area contributed by atoms with Gasteiger partial charge in [-0.3, -0.25) is 0 Å². The average molecular weight is 246 g/mol. The summed E-state index contributed by atoms with van der Waals surface area (Å²) in [6.07, 6.45) is 0.129. The molecule has 0 saturated carbocycles. The molecule has 96 valence electrons. The second-order valence-electron chi connectivity index (χ2n) is 5.40. The first kappa shape index (κ1) is 10.8. The molecule has 0 bridgehead atoms. The van der Waals surface area contributed by atoms with Crippen molar-refractivity contribution in [2.75, 3.05) is 26.4 Å². The molecule has 0 aliphatic carbocycles. The smallest absolute Gasteiger partial charge is 0.189 e. The fraction of sp³-hybridized carbons (Fsp3) is 0.571. The number of para-hydroxylation sites is 1. The predicted octanol–water partition coefficient (Wildman–Crippen LogP) is 0.902. The van der Waals surface area contributed by atoms with Gasteiger partial charge < -0.3 is 20.1 Å². The van der Waals surface area contributed by atoms with E-state index in [1.54, 1.807) is 0 Å². The molecule has 1 aromatic rings. The quantitative estimate of drug-likeness (QED) is 0.772. The monoisotopic (exact) mass is 246 g/mol. The van der Waals surface area contributed by atoms with Crippen LogP contribution in [0, 0.1) is 11.8 Å². The molecular weight excluding hydrogens is 228 g/mol. The maximum atomic E-state index is 5.88. The Morgan fingerprint density at radius 1 is 1.11 bits per heavy atom. The van der Waals surface area contributed by atoms with Gasteiger partial charge in [0.15, 0.2) is 6.79 Å². The number of fused-ring (bicyclic) bond motifs is 2. The van der Waals surface area contributed by atoms with E-state index in [2.05, 4.69) is 22.8 Å². The molecule has 0 aromatic heterocycles. The van der Waals surface area contributed by atoms with E-state index in [9.17, 15) is 0 Å². The Bertz CT molecular complexity index is 451. The lowest BCUT2D eigenvalue weighted by Gasteiger charge is -2.32. The molecular formula is C14H18N2O2. The number of benzene rings is 1. The van der Waals surface area contributed by atoms with E-state index in [0.29, 0.717) is 18.8 Å². The molecule has 1 aromatic carbocycles. The number of ether oxygens (including phenoxy) is 2. The van der Waals surface area contributed by atoms with Crippen molar-refractivity contribution in [2.45, 2.75) is 12.1 Å². The van der Waals surface area contributed by atoms with Crippen LogP contribution in [0.4, 0.5) is 0 Å². The molecule has 4 heteroatoms. The molecule has 2 saturated heterocycles. The van der Waals surface area contributed by atoms with E-state index >= 15 is 0 Å². The molecule has 2 N–H and O–H groups in total. The normalized spacial score (nSPS) is 38.0. The van der Waals surface area contributed by atoms with E-state index in [1.165, 1.54) is 5.56 Å². The van der Waals surface area contributed by atoms with Crippen LogP contribution < -0.4 is 15.4 Å². The largest absolute Gasteiger partial charge is 0.467 e. The Balaban J connectivity index is 1.66. The first-order valence-corrected chi connectivity index (χ1v) is 6.71. The summed E-state index contributed by atoms with van der Waals surface area (Å²) in [4.78, 5) is 0. The van der Waals surface area contributed by atoms with Crippen molar-refractivity contribution in [3.8, 4) is 5.75 Å². The Morgan fingerprint density at radius 2 is 2.06 bits per heavy atom. The van der Waals surface area contributed by atoms with Gasteiger partial charge in [0.1, 0.15) is 11.9 Å². The van der Waals surface area contributed by atoms with E-state index in [4.69, 9.17) is 9.47 Å². The number of hydrogen-bond donors (Lipinski definition) is 2. The zero-order valence-electron chi connectivity index (χ0n) is 10.3. The van der Waals surface area contributed by atoms with Crippen LogP contribution in [0.25, 0.3) is 0 Å². The summed E-state index contributed by atoms with van der Waals surface area (Å²) in [5, 5.41) is 7.14. The lowest BCUT2D eigenvalue weighted by atomic mass is 9.88. The molecule has 0 radical (unpaired) electrons. The van der Waals surface area contributed by atoms with Crippen molar-refractivity contribution in [1.82, 2.24) is 10.6 Å². The third-order valence-corrected chi connectivity index (χ3v) is 4.48. The second-order valence-corrected chi connectivity index (χ2v) is 5.40. The minimum Gasteiger partial charge on any atom is -0.467 e. The molecule has 18 heavy (non-hydrogen) atoms. The summed E-state index contributed by atoms with van der Waals surface area (Å²) < 4.78 is 11.4. The lowest BCUT2D eigenvalue weighted by Crippen LogP contribution is -2.39. The molecule has 2 fully saturated rings. The Morgan fingerprint density at radius 3 is 3.06 bits per heavy atom. The highest BCUT2D eigenvalue weighted by molar-refractivity contribution is 5.37. The molecule has 3 aliphatic heterocycles. The topological polar surface area (TPSA) is 42.5 Å². The first-order chi connectivity index (χ1) is 8.93. The van der Waals surface area contributed by atoms with Gasteiger partial charge in [0, 0.05) is 11.6 Å². The van der Waals surface area contributed by atoms with Crippen molar-refractivity contribution in [1.29, 1.82) is 0 Å². The van der Waals surface area contributed by atoms with Crippen molar-refractivity contribution in [3.63, 3.8) is 0 Å². The maximum absolute atomic E-state index is 5.88. The summed E-state index contributed by atoms with van der Waals surface area (Å²) >= 11 is 0. The van der Waals surface area contributed by atoms with Gasteiger partial charge in [0.05, 0.1) is 0 Å². The van der Waals surface area contributed by atoms with Gasteiger partial charge in [-0.25, -0.2) is 0 Å². The second kappa shape index (κ2) is 4.23. The molecule has 0 amide bonds. The fourth-order valence-corrected chi connectivity index (χ4v) is 3.57. The van der Waals surface area contributed by atoms with Crippen LogP contribution in [0.5, 0.6) is 5.75 Å². The highest BCUT2D eigenvalue weighted by Crippen LogP contribution is 2.40. The Labute approximate surface area is 107 Å². The fourth-order valence-electron chi connectivity index (χ4n) is 3.57. The molecule has 4 unspecified atom stereocenters. The number of rotatable bonds is 1. The van der Waals surface area contributed by atoms with Crippen LogP contribution in [0.1, 0.15) is 11.7 Å². The lowest BCUT2D eigenvalue weighted by molar-refractivity contribution is -0.0775. The summed E-state index contributed by atoms with van der Waals surface area (Å²) in [7, 11) is 0. The van der Waals surface area contributed by atoms with E-state index in [1.807, 2.05) is 12.1 Å². The zero-order valence-corrected chi connectivity index (χ0v) is 10.3. The van der Waals surface area contributed by atoms with E-state index in [0.717, 1.165) is 31.3 Å². The van der Waals surface area contributed by atoms with Gasteiger partial charge in [-0.05, 0) is 37.5 Å². The van der Waals surface area contributed by atoms with Crippen LogP contribution in [-0.2, 0) is 4.74 Å². The third kappa shape index (κ3) is 1.56.